The number of anilines is 3. The number of hydrogen-bond acceptors (Lipinski definition) is 7. The molecule has 154 valence electrons. The third-order valence-corrected chi connectivity index (χ3v) is 4.80. The van der Waals surface area contributed by atoms with Gasteiger partial charge in [0, 0.05) is 18.0 Å². The molecule has 2 heterocycles. The van der Waals surface area contributed by atoms with Gasteiger partial charge in [-0.25, -0.2) is 14.7 Å². The monoisotopic (exact) mass is 414 g/mol. The van der Waals surface area contributed by atoms with Gasteiger partial charge in [0.25, 0.3) is 5.91 Å². The van der Waals surface area contributed by atoms with Crippen LogP contribution in [0.3, 0.4) is 0 Å². The summed E-state index contributed by atoms with van der Waals surface area (Å²) in [7, 11) is 0. The number of imide groups is 1. The minimum atomic E-state index is -0.466. The van der Waals surface area contributed by atoms with Crippen LogP contribution in [0.5, 0.6) is 11.6 Å². The number of hydrogen-bond donors (Lipinski definition) is 1. The molecule has 9 heteroatoms. The van der Waals surface area contributed by atoms with Crippen LogP contribution in [-0.4, -0.2) is 28.5 Å². The highest BCUT2D eigenvalue weighted by molar-refractivity contribution is 6.27. The second-order valence-electron chi connectivity index (χ2n) is 6.76. The van der Waals surface area contributed by atoms with Crippen LogP contribution in [0.25, 0.3) is 0 Å². The van der Waals surface area contributed by atoms with Gasteiger partial charge in [-0.15, -0.1) is 0 Å². The fourth-order valence-electron chi connectivity index (χ4n) is 3.34. The molecule has 1 fully saturated rings. The third-order valence-electron chi connectivity index (χ3n) is 4.80. The molecule has 0 saturated carbocycles. The highest BCUT2D eigenvalue weighted by Gasteiger charge is 2.39. The molecule has 2 N–H and O–H groups in total. The van der Waals surface area contributed by atoms with Gasteiger partial charge in [-0.1, -0.05) is 13.0 Å². The normalized spacial score (nSPS) is 13.4. The van der Waals surface area contributed by atoms with Crippen LogP contribution >= 0.6 is 0 Å². The lowest BCUT2D eigenvalue weighted by atomic mass is 10.1. The number of rotatable bonds is 5. The number of benzene rings is 2. The van der Waals surface area contributed by atoms with Crippen molar-refractivity contribution < 1.29 is 14.3 Å². The number of nitrogen functional groups attached to an aromatic ring is 1. The van der Waals surface area contributed by atoms with Gasteiger partial charge in [0.15, 0.2) is 0 Å². The largest absolute Gasteiger partial charge is 0.439 e. The van der Waals surface area contributed by atoms with Gasteiger partial charge in [-0.2, -0.15) is 10.2 Å². The van der Waals surface area contributed by atoms with Crippen molar-refractivity contribution in [2.45, 2.75) is 13.3 Å². The van der Waals surface area contributed by atoms with Crippen molar-refractivity contribution >= 4 is 29.3 Å². The maximum absolute atomic E-state index is 13.1. The van der Waals surface area contributed by atoms with Crippen molar-refractivity contribution in [3.8, 4) is 17.7 Å². The topological polar surface area (TPSA) is 125 Å². The Morgan fingerprint density at radius 3 is 2.77 bits per heavy atom. The number of carbonyl (C=O) groups is 2. The molecule has 0 unspecified atom stereocenters. The van der Waals surface area contributed by atoms with Crippen LogP contribution < -0.4 is 20.3 Å². The molecule has 9 nitrogen and oxygen atoms in total. The Balaban J connectivity index is 1.63. The summed E-state index contributed by atoms with van der Waals surface area (Å²) in [5, 5.41) is 9.11. The van der Waals surface area contributed by atoms with Gasteiger partial charge >= 0.3 is 6.03 Å². The fraction of sp³-hybridized carbons (Fsp3) is 0.136. The minimum absolute atomic E-state index is 0.0960. The number of urea groups is 1. The van der Waals surface area contributed by atoms with Crippen LogP contribution in [0.2, 0.25) is 0 Å². The Hall–Kier alpha value is -4.45. The van der Waals surface area contributed by atoms with Crippen molar-refractivity contribution in [3.05, 3.63) is 65.9 Å². The number of nitriles is 1. The van der Waals surface area contributed by atoms with E-state index in [1.807, 2.05) is 13.0 Å². The van der Waals surface area contributed by atoms with Crippen LogP contribution in [0.1, 0.15) is 18.1 Å². The van der Waals surface area contributed by atoms with E-state index in [-0.39, 0.29) is 18.4 Å². The zero-order chi connectivity index (χ0) is 22.0. The highest BCUT2D eigenvalue weighted by Crippen LogP contribution is 2.32. The lowest BCUT2D eigenvalue weighted by molar-refractivity contribution is -0.115. The summed E-state index contributed by atoms with van der Waals surface area (Å²) in [6, 6.07) is 14.8. The summed E-state index contributed by atoms with van der Waals surface area (Å²) in [6.45, 7) is 1.82. The fourth-order valence-corrected chi connectivity index (χ4v) is 3.34. The molecular weight excluding hydrogens is 396 g/mol. The smallest absolute Gasteiger partial charge is 0.336 e. The maximum Gasteiger partial charge on any atom is 0.336 e. The van der Waals surface area contributed by atoms with Gasteiger partial charge in [-0.3, -0.25) is 9.69 Å². The van der Waals surface area contributed by atoms with E-state index in [2.05, 4.69) is 9.97 Å². The quantitative estimate of drug-likeness (QED) is 0.635. The average Bonchev–Trinajstić information content (AvgIpc) is 3.07. The van der Waals surface area contributed by atoms with E-state index < -0.39 is 6.03 Å². The minimum Gasteiger partial charge on any atom is -0.439 e. The first-order chi connectivity index (χ1) is 15.0. The van der Waals surface area contributed by atoms with Crippen molar-refractivity contribution in [2.24, 2.45) is 0 Å². The number of carbonyl (C=O) groups excluding carboxylic acids is 2. The highest BCUT2D eigenvalue weighted by atomic mass is 16.5. The molecule has 2 aromatic carbocycles. The second-order valence-corrected chi connectivity index (χ2v) is 6.76. The van der Waals surface area contributed by atoms with Crippen molar-refractivity contribution in [1.82, 2.24) is 9.97 Å². The number of amides is 3. The van der Waals surface area contributed by atoms with E-state index >= 15 is 0 Å². The molecule has 1 saturated heterocycles. The summed E-state index contributed by atoms with van der Waals surface area (Å²) < 4.78 is 5.73. The van der Waals surface area contributed by atoms with Crippen molar-refractivity contribution in [2.75, 3.05) is 22.1 Å². The molecule has 3 amide bonds. The molecule has 1 aliphatic heterocycles. The Morgan fingerprint density at radius 1 is 1.19 bits per heavy atom. The SMILES string of the molecule is CCc1cc(Oc2ccnc(N)n2)ccc1N1C(=O)CN(c2cccc(C#N)c2)C1=O. The first-order valence-electron chi connectivity index (χ1n) is 9.54. The summed E-state index contributed by atoms with van der Waals surface area (Å²) in [5.41, 5.74) is 7.74. The Kier molecular flexibility index (Phi) is 5.20. The molecule has 0 spiro atoms. The molecule has 1 aromatic heterocycles. The molecule has 4 rings (SSSR count). The molecule has 1 aliphatic rings. The van der Waals surface area contributed by atoms with E-state index in [0.717, 1.165) is 10.5 Å². The van der Waals surface area contributed by atoms with E-state index in [1.165, 1.54) is 11.1 Å². The number of aryl methyl sites for hydroxylation is 1. The lowest BCUT2D eigenvalue weighted by Crippen LogP contribution is -2.33. The summed E-state index contributed by atoms with van der Waals surface area (Å²) in [5.74, 6) is 0.536. The summed E-state index contributed by atoms with van der Waals surface area (Å²) in [4.78, 5) is 36.2. The van der Waals surface area contributed by atoms with Crippen LogP contribution in [0.4, 0.5) is 22.1 Å². The van der Waals surface area contributed by atoms with Gasteiger partial charge in [0.2, 0.25) is 11.8 Å². The molecule has 31 heavy (non-hydrogen) atoms. The summed E-state index contributed by atoms with van der Waals surface area (Å²) in [6.07, 6.45) is 2.06. The maximum atomic E-state index is 13.1. The lowest BCUT2D eigenvalue weighted by Gasteiger charge is -2.20. The molecule has 0 bridgehead atoms. The third kappa shape index (κ3) is 3.86. The standard InChI is InChI=1S/C22H18N6O3/c1-2-15-11-17(31-19-8-9-25-21(24)26-19)6-7-18(15)28-20(29)13-27(22(28)30)16-5-3-4-14(10-16)12-23/h3-11H,2,13H2,1H3,(H2,24,25,26). The first-order valence-corrected chi connectivity index (χ1v) is 9.54. The van der Waals surface area contributed by atoms with Crippen molar-refractivity contribution in [1.29, 1.82) is 5.26 Å². The van der Waals surface area contributed by atoms with Gasteiger partial charge in [0.1, 0.15) is 12.3 Å². The average molecular weight is 414 g/mol. The first kappa shape index (κ1) is 19.8. The molecule has 0 atom stereocenters. The number of nitrogens with zero attached hydrogens (tertiary/aromatic N) is 5. The Bertz CT molecular complexity index is 1220. The van der Waals surface area contributed by atoms with Crippen LogP contribution in [0, 0.1) is 11.3 Å². The molecule has 3 aromatic rings. The predicted molar refractivity (Wildman–Crippen MR) is 114 cm³/mol. The van der Waals surface area contributed by atoms with Gasteiger partial charge in [0.05, 0.1) is 17.3 Å². The molecule has 0 radical (unpaired) electrons. The van der Waals surface area contributed by atoms with Crippen LogP contribution in [-0.2, 0) is 11.2 Å². The molecule has 0 aliphatic carbocycles. The van der Waals surface area contributed by atoms with Gasteiger partial charge < -0.3 is 10.5 Å². The number of aromatic nitrogens is 2. The summed E-state index contributed by atoms with van der Waals surface area (Å²) >= 11 is 0. The number of ether oxygens (including phenoxy) is 1. The van der Waals surface area contributed by atoms with Crippen LogP contribution in [0.15, 0.2) is 54.7 Å². The molecular formula is C22H18N6O3. The zero-order valence-electron chi connectivity index (χ0n) is 16.6. The number of nitrogens with two attached hydrogens (primary N) is 1. The predicted octanol–water partition coefficient (Wildman–Crippen LogP) is 3.26. The Labute approximate surface area is 178 Å². The van der Waals surface area contributed by atoms with Gasteiger partial charge in [-0.05, 0) is 48.4 Å². The van der Waals surface area contributed by atoms with E-state index in [1.54, 1.807) is 48.5 Å². The van der Waals surface area contributed by atoms with E-state index in [4.69, 9.17) is 15.7 Å². The van der Waals surface area contributed by atoms with Crippen molar-refractivity contribution in [3.63, 3.8) is 0 Å². The van der Waals surface area contributed by atoms with E-state index in [0.29, 0.717) is 35.0 Å². The Morgan fingerprint density at radius 2 is 2.03 bits per heavy atom. The second kappa shape index (κ2) is 8.12. The van der Waals surface area contributed by atoms with E-state index in [9.17, 15) is 9.59 Å². The zero-order valence-corrected chi connectivity index (χ0v) is 16.6.